The number of hydrogen-bond acceptors (Lipinski definition) is 4. The van der Waals surface area contributed by atoms with Gasteiger partial charge in [0.1, 0.15) is 5.84 Å². The summed E-state index contributed by atoms with van der Waals surface area (Å²) in [7, 11) is 0. The van der Waals surface area contributed by atoms with Crippen LogP contribution in [-0.2, 0) is 6.42 Å². The van der Waals surface area contributed by atoms with Crippen molar-refractivity contribution < 1.29 is 0 Å². The molecule has 0 unspecified atom stereocenters. The number of benzene rings is 1. The topological polar surface area (TPSA) is 27.6 Å². The highest BCUT2D eigenvalue weighted by atomic mass is 32.1. The Hall–Kier alpha value is -1.65. The molecule has 2 aliphatic rings. The van der Waals surface area contributed by atoms with E-state index < -0.39 is 0 Å². The van der Waals surface area contributed by atoms with Gasteiger partial charge < -0.3 is 10.2 Å². The quantitative estimate of drug-likeness (QED) is 0.845. The van der Waals surface area contributed by atoms with Crippen LogP contribution in [0.2, 0.25) is 0 Å². The van der Waals surface area contributed by atoms with E-state index in [1.807, 2.05) is 11.3 Å². The lowest BCUT2D eigenvalue weighted by molar-refractivity contribution is 0.447. The monoisotopic (exact) mass is 339 g/mol. The molecule has 4 heteroatoms. The molecule has 1 aromatic heterocycles. The maximum atomic E-state index is 5.14. The van der Waals surface area contributed by atoms with Gasteiger partial charge in [-0.3, -0.25) is 0 Å². The van der Waals surface area contributed by atoms with Crippen LogP contribution in [0.3, 0.4) is 0 Å². The van der Waals surface area contributed by atoms with E-state index in [9.17, 15) is 0 Å². The van der Waals surface area contributed by atoms with Gasteiger partial charge in [0.2, 0.25) is 0 Å². The summed E-state index contributed by atoms with van der Waals surface area (Å²) in [5, 5.41) is 3.50. The van der Waals surface area contributed by atoms with Crippen LogP contribution in [-0.4, -0.2) is 36.9 Å². The molecule has 4 rings (SSSR count). The Kier molecular flexibility index (Phi) is 4.42. The predicted octanol–water partition coefficient (Wildman–Crippen LogP) is 4.15. The minimum absolute atomic E-state index is 0.573. The van der Waals surface area contributed by atoms with Crippen molar-refractivity contribution in [3.8, 4) is 0 Å². The molecule has 1 N–H and O–H groups in total. The summed E-state index contributed by atoms with van der Waals surface area (Å²) in [6.45, 7) is 8.83. The summed E-state index contributed by atoms with van der Waals surface area (Å²) in [5.41, 5.74) is 3.85. The number of thiophene rings is 1. The molecule has 1 aromatic carbocycles. The Morgan fingerprint density at radius 1 is 1.17 bits per heavy atom. The summed E-state index contributed by atoms with van der Waals surface area (Å²) < 4.78 is 0. The largest absolute Gasteiger partial charge is 0.355 e. The Morgan fingerprint density at radius 3 is 2.92 bits per heavy atom. The normalized spacial score (nSPS) is 17.8. The summed E-state index contributed by atoms with van der Waals surface area (Å²) >= 11 is 1.97. The molecule has 2 aliphatic heterocycles. The van der Waals surface area contributed by atoms with E-state index in [0.29, 0.717) is 5.92 Å². The van der Waals surface area contributed by atoms with Crippen molar-refractivity contribution in [2.24, 2.45) is 4.99 Å². The average Bonchev–Trinajstić information content (AvgIpc) is 2.75. The van der Waals surface area contributed by atoms with E-state index in [4.69, 9.17) is 4.99 Å². The number of amidine groups is 1. The molecule has 0 radical (unpaired) electrons. The standard InChI is InChI=1S/C20H25N3S/c1-14(2)18-13-16-19(24-18)12-15-6-3-4-7-17(15)22-20(16)23-10-5-8-21-9-11-23/h3-4,6-7,13-14,21H,5,8-12H2,1-2H3. The lowest BCUT2D eigenvalue weighted by atomic mass is 10.1. The Balaban J connectivity index is 1.83. The molecule has 2 aromatic rings. The molecule has 0 atom stereocenters. The van der Waals surface area contributed by atoms with Crippen LogP contribution >= 0.6 is 11.3 Å². The lowest BCUT2D eigenvalue weighted by Gasteiger charge is -2.24. The first-order chi connectivity index (χ1) is 11.7. The highest BCUT2D eigenvalue weighted by Crippen LogP contribution is 2.36. The van der Waals surface area contributed by atoms with Gasteiger partial charge in [0.05, 0.1) is 5.69 Å². The van der Waals surface area contributed by atoms with Gasteiger partial charge in [-0.1, -0.05) is 32.0 Å². The van der Waals surface area contributed by atoms with Gasteiger partial charge in [0, 0.05) is 41.4 Å². The number of fused-ring (bicyclic) bond motifs is 2. The van der Waals surface area contributed by atoms with Gasteiger partial charge in [-0.25, -0.2) is 4.99 Å². The van der Waals surface area contributed by atoms with E-state index in [0.717, 1.165) is 38.3 Å². The van der Waals surface area contributed by atoms with Gasteiger partial charge in [-0.05, 0) is 36.6 Å². The summed E-state index contributed by atoms with van der Waals surface area (Å²) in [6.07, 6.45) is 2.18. The maximum Gasteiger partial charge on any atom is 0.137 e. The second-order valence-corrected chi connectivity index (χ2v) is 8.14. The molecule has 1 fully saturated rings. The zero-order valence-electron chi connectivity index (χ0n) is 14.5. The number of rotatable bonds is 1. The molecule has 0 aliphatic carbocycles. The van der Waals surface area contributed by atoms with Crippen molar-refractivity contribution in [3.05, 3.63) is 51.2 Å². The van der Waals surface area contributed by atoms with Crippen molar-refractivity contribution >= 4 is 22.9 Å². The van der Waals surface area contributed by atoms with Crippen molar-refractivity contribution in [2.75, 3.05) is 26.2 Å². The third-order valence-corrected chi connectivity index (χ3v) is 6.28. The molecule has 0 amide bonds. The number of aliphatic imine (C=N–C) groups is 1. The SMILES string of the molecule is CC(C)c1cc2c(s1)Cc1ccccc1N=C2N1CCCNCC1. The van der Waals surface area contributed by atoms with Crippen LogP contribution in [0.25, 0.3) is 0 Å². The van der Waals surface area contributed by atoms with E-state index >= 15 is 0 Å². The first-order valence-electron chi connectivity index (χ1n) is 8.97. The third-order valence-electron chi connectivity index (χ3n) is 4.85. The minimum Gasteiger partial charge on any atom is -0.355 e. The Labute approximate surface area is 148 Å². The average molecular weight is 340 g/mol. The lowest BCUT2D eigenvalue weighted by Crippen LogP contribution is -2.34. The molecule has 24 heavy (non-hydrogen) atoms. The molecule has 126 valence electrons. The van der Waals surface area contributed by atoms with Crippen molar-refractivity contribution in [1.82, 2.24) is 10.2 Å². The van der Waals surface area contributed by atoms with Crippen molar-refractivity contribution in [1.29, 1.82) is 0 Å². The van der Waals surface area contributed by atoms with Crippen LogP contribution in [0.1, 0.15) is 47.1 Å². The number of para-hydroxylation sites is 1. The van der Waals surface area contributed by atoms with Gasteiger partial charge in [0.25, 0.3) is 0 Å². The highest BCUT2D eigenvalue weighted by Gasteiger charge is 2.24. The molecular weight excluding hydrogens is 314 g/mol. The molecule has 0 spiro atoms. The second-order valence-electron chi connectivity index (χ2n) is 6.97. The van der Waals surface area contributed by atoms with Crippen molar-refractivity contribution in [3.63, 3.8) is 0 Å². The third kappa shape index (κ3) is 3.01. The highest BCUT2D eigenvalue weighted by molar-refractivity contribution is 7.12. The van der Waals surface area contributed by atoms with Gasteiger partial charge in [-0.2, -0.15) is 0 Å². The van der Waals surface area contributed by atoms with Gasteiger partial charge in [0.15, 0.2) is 0 Å². The molecular formula is C20H25N3S. The first-order valence-corrected chi connectivity index (χ1v) is 9.79. The van der Waals surface area contributed by atoms with Gasteiger partial charge >= 0.3 is 0 Å². The zero-order valence-corrected chi connectivity index (χ0v) is 15.3. The fourth-order valence-corrected chi connectivity index (χ4v) is 4.65. The molecule has 3 nitrogen and oxygen atoms in total. The summed E-state index contributed by atoms with van der Waals surface area (Å²) in [6, 6.07) is 11.0. The number of nitrogens with zero attached hydrogens (tertiary/aromatic N) is 2. The van der Waals surface area contributed by atoms with E-state index in [2.05, 4.69) is 54.4 Å². The predicted molar refractivity (Wildman–Crippen MR) is 103 cm³/mol. The van der Waals surface area contributed by atoms with Crippen LogP contribution < -0.4 is 5.32 Å². The van der Waals surface area contributed by atoms with Crippen LogP contribution in [0.4, 0.5) is 5.69 Å². The summed E-state index contributed by atoms with van der Waals surface area (Å²) in [4.78, 5) is 10.6. The smallest absolute Gasteiger partial charge is 0.137 e. The van der Waals surface area contributed by atoms with Crippen LogP contribution in [0.5, 0.6) is 0 Å². The van der Waals surface area contributed by atoms with Crippen molar-refractivity contribution in [2.45, 2.75) is 32.6 Å². The van der Waals surface area contributed by atoms with E-state index in [-0.39, 0.29) is 0 Å². The fourth-order valence-electron chi connectivity index (χ4n) is 3.47. The Morgan fingerprint density at radius 2 is 2.04 bits per heavy atom. The maximum absolute atomic E-state index is 5.14. The Bertz CT molecular complexity index is 752. The summed E-state index contributed by atoms with van der Waals surface area (Å²) in [5.74, 6) is 1.76. The van der Waals surface area contributed by atoms with Crippen LogP contribution in [0, 0.1) is 0 Å². The number of nitrogens with one attached hydrogen (secondary N) is 1. The number of hydrogen-bond donors (Lipinski definition) is 1. The van der Waals surface area contributed by atoms with Crippen LogP contribution in [0.15, 0.2) is 35.3 Å². The van der Waals surface area contributed by atoms with Gasteiger partial charge in [-0.15, -0.1) is 11.3 Å². The zero-order chi connectivity index (χ0) is 16.5. The molecule has 0 saturated carbocycles. The molecule has 3 heterocycles. The van der Waals surface area contributed by atoms with E-state index in [1.165, 1.54) is 33.1 Å². The van der Waals surface area contributed by atoms with E-state index in [1.54, 1.807) is 0 Å². The fraction of sp³-hybridized carbons (Fsp3) is 0.450. The molecule has 0 bridgehead atoms. The second kappa shape index (κ2) is 6.69. The first kappa shape index (κ1) is 15.9. The molecule has 1 saturated heterocycles. The minimum atomic E-state index is 0.573.